The number of carbonyl (C=O) groups is 4. The largest absolute Gasteiger partial charge is 0.378 e. The minimum absolute atomic E-state index is 0.0329. The summed E-state index contributed by atoms with van der Waals surface area (Å²) >= 11 is 0. The average molecular weight is 1170 g/mol. The molecule has 0 unspecified atom stereocenters. The van der Waals surface area contributed by atoms with Crippen molar-refractivity contribution in [1.82, 2.24) is 60.7 Å². The second-order valence-corrected chi connectivity index (χ2v) is 22.9. The number of nitrogens with zero attached hydrogens (tertiary/aromatic N) is 9. The third-order valence-electron chi connectivity index (χ3n) is 16.8. The fourth-order valence-corrected chi connectivity index (χ4v) is 12.1. The summed E-state index contributed by atoms with van der Waals surface area (Å²) in [6.07, 6.45) is 21.7. The molecule has 7 N–H and O–H groups in total. The Hall–Kier alpha value is -9.76. The van der Waals surface area contributed by atoms with Crippen LogP contribution >= 0.6 is 0 Å². The van der Waals surface area contributed by atoms with Gasteiger partial charge in [0.15, 0.2) is 0 Å². The summed E-state index contributed by atoms with van der Waals surface area (Å²) in [5.41, 5.74) is 16.8. The molecule has 21 heteroatoms. The van der Waals surface area contributed by atoms with Crippen molar-refractivity contribution in [2.75, 3.05) is 26.3 Å². The van der Waals surface area contributed by atoms with Crippen LogP contribution in [-0.4, -0.2) is 136 Å². The molecule has 0 bridgehead atoms. The summed E-state index contributed by atoms with van der Waals surface area (Å²) in [4.78, 5) is 99.3. The Bertz CT molecular complexity index is 3970. The molecule has 0 radical (unpaired) electrons. The van der Waals surface area contributed by atoms with Crippen LogP contribution in [0.25, 0.3) is 0 Å². The van der Waals surface area contributed by atoms with Crippen molar-refractivity contribution in [3.63, 3.8) is 0 Å². The van der Waals surface area contributed by atoms with Gasteiger partial charge in [0, 0.05) is 56.9 Å². The van der Waals surface area contributed by atoms with Crippen molar-refractivity contribution >= 4 is 69.2 Å². The first kappa shape index (κ1) is 56.4. The molecular weight excluding hydrogens is 1100 g/mol. The minimum atomic E-state index is -0.0846. The number of hydrogen-bond donors (Lipinski definition) is 7. The molecule has 8 aliphatic rings. The number of aromatic nitrogens is 8. The van der Waals surface area contributed by atoms with Crippen molar-refractivity contribution in [3.05, 3.63) is 190 Å². The van der Waals surface area contributed by atoms with Crippen LogP contribution in [0.15, 0.2) is 142 Å². The molecule has 87 heavy (non-hydrogen) atoms. The van der Waals surface area contributed by atoms with Gasteiger partial charge in [-0.05, 0) is 85.0 Å². The third-order valence-corrected chi connectivity index (χ3v) is 16.8. The zero-order chi connectivity index (χ0) is 59.1. The third kappa shape index (κ3) is 12.9. The molecule has 0 spiro atoms. The Morgan fingerprint density at radius 2 is 0.690 bits per heavy atom. The molecule has 16 rings (SSSR count). The highest BCUT2D eigenvalue weighted by molar-refractivity contribution is 6.14. The fraction of sp³-hybridized carbons (Fsp3) is 0.333. The number of para-hydroxylation sites is 4. The first-order valence-electron chi connectivity index (χ1n) is 30.3. The monoisotopic (exact) mass is 1160 g/mol. The van der Waals surface area contributed by atoms with E-state index in [9.17, 15) is 19.2 Å². The van der Waals surface area contributed by atoms with Crippen LogP contribution < -0.4 is 16.0 Å². The standard InChI is InChI=1S/C18H20N4O.C17H18N4O.C16H16N4O2.C15H14N4O/c23-18(21-13-7-2-1-3-8-13)17-16(19-11-20-17)15-10-12-6-4-5-9-14(12)22-15;22-17(20-12-6-2-3-7-12)16-15(18-10-19-16)14-9-11-5-1-4-8-13(11)21-14;21-16(20-5-7-22-8-6-20)15-14(17-10-18-15)13-9-11-3-1-2-4-12(11)19-13;20-15(18-10-5-6-10)14-13(16-8-17-14)12-7-9-3-1-2-4-11(9)19-12/h4-6,9,11,13H,1-3,7-8,10H2,(H,19,20)(H,21,23);1,4-5,8,10,12H,2-3,6-7,9H2,(H,18,19)(H,20,22);1-4,10H,5-9H2,(H,17,18);1-4,8,10H,5-7H2,(H,16,17)(H,18,20). The van der Waals surface area contributed by atoms with Crippen molar-refractivity contribution in [1.29, 1.82) is 0 Å². The highest BCUT2D eigenvalue weighted by atomic mass is 16.5. The fourth-order valence-electron chi connectivity index (χ4n) is 12.1. The molecule has 442 valence electrons. The summed E-state index contributed by atoms with van der Waals surface area (Å²) in [5, 5.41) is 9.22. The van der Waals surface area contributed by atoms with Crippen LogP contribution in [0.5, 0.6) is 0 Å². The zero-order valence-corrected chi connectivity index (χ0v) is 48.3. The number of imidazole rings is 4. The molecular formula is C66H68N16O5. The van der Waals surface area contributed by atoms with E-state index in [1.165, 1.54) is 54.4 Å². The predicted molar refractivity (Wildman–Crippen MR) is 331 cm³/mol. The lowest BCUT2D eigenvalue weighted by Gasteiger charge is -2.26. The molecule has 9 heterocycles. The second kappa shape index (κ2) is 25.8. The Labute approximate surface area is 502 Å². The van der Waals surface area contributed by atoms with Crippen molar-refractivity contribution < 1.29 is 23.9 Å². The second-order valence-electron chi connectivity index (χ2n) is 22.9. The lowest BCUT2D eigenvalue weighted by Crippen LogP contribution is -2.41. The maximum atomic E-state index is 12.7. The molecule has 8 aromatic rings. The van der Waals surface area contributed by atoms with Gasteiger partial charge in [0.25, 0.3) is 23.6 Å². The molecule has 21 nitrogen and oxygen atoms in total. The van der Waals surface area contributed by atoms with Gasteiger partial charge in [0.05, 0.1) is 84.1 Å². The lowest BCUT2D eigenvalue weighted by molar-refractivity contribution is 0.0299. The number of morpholine rings is 1. The van der Waals surface area contributed by atoms with Gasteiger partial charge in [-0.1, -0.05) is 105 Å². The molecule has 3 aliphatic carbocycles. The van der Waals surface area contributed by atoms with Crippen molar-refractivity contribution in [2.45, 2.75) is 114 Å². The van der Waals surface area contributed by atoms with E-state index >= 15 is 0 Å². The van der Waals surface area contributed by atoms with Crippen LogP contribution in [0.3, 0.4) is 0 Å². The number of nitrogens with one attached hydrogen (secondary N) is 7. The first-order valence-corrected chi connectivity index (χ1v) is 30.3. The smallest absolute Gasteiger partial charge is 0.272 e. The maximum absolute atomic E-state index is 12.7. The number of H-pyrrole nitrogens is 4. The SMILES string of the molecule is O=C(NC1CC1)c1[nH]cnc1C1=Nc2ccccc2C1.O=C(NC1CCCC1)c1[nH]cnc1C1=Nc2ccccc2C1.O=C(NC1CCCCC1)c1[nH]cnc1C1=Nc2ccccc2C1.O=C(c1[nH]cnc1C1=Nc2ccccc2C1)N1CCOCC1. The number of aliphatic imine (C=N–C) groups is 4. The van der Waals surface area contributed by atoms with Crippen LogP contribution in [0.2, 0.25) is 0 Å². The van der Waals surface area contributed by atoms with Gasteiger partial charge in [0.1, 0.15) is 45.6 Å². The summed E-state index contributed by atoms with van der Waals surface area (Å²) in [6, 6.07) is 33.0. The van der Waals surface area contributed by atoms with Crippen LogP contribution in [0.1, 0.15) is 158 Å². The van der Waals surface area contributed by atoms with E-state index in [-0.39, 0.29) is 29.7 Å². The van der Waals surface area contributed by atoms with Gasteiger partial charge in [0.2, 0.25) is 0 Å². The number of ether oxygens (including phenoxy) is 1. The number of rotatable bonds is 11. The van der Waals surface area contributed by atoms with E-state index in [1.54, 1.807) is 30.2 Å². The summed E-state index contributed by atoms with van der Waals surface area (Å²) in [7, 11) is 0. The van der Waals surface area contributed by atoms with E-state index in [1.807, 2.05) is 72.8 Å². The normalized spacial score (nSPS) is 17.3. The van der Waals surface area contributed by atoms with Gasteiger partial charge < -0.3 is 45.5 Å². The number of carbonyl (C=O) groups excluding carboxylic acids is 4. The molecule has 1 saturated heterocycles. The van der Waals surface area contributed by atoms with Crippen LogP contribution in [-0.2, 0) is 30.4 Å². The zero-order valence-electron chi connectivity index (χ0n) is 48.3. The minimum Gasteiger partial charge on any atom is -0.378 e. The van der Waals surface area contributed by atoms with Gasteiger partial charge >= 0.3 is 0 Å². The summed E-state index contributed by atoms with van der Waals surface area (Å²) < 4.78 is 5.30. The van der Waals surface area contributed by atoms with Gasteiger partial charge in [-0.25, -0.2) is 19.9 Å². The van der Waals surface area contributed by atoms with Crippen molar-refractivity contribution in [3.8, 4) is 0 Å². The molecule has 4 aromatic heterocycles. The molecule has 0 atom stereocenters. The summed E-state index contributed by atoms with van der Waals surface area (Å²) in [5.74, 6) is -0.255. The summed E-state index contributed by atoms with van der Waals surface area (Å²) in [6.45, 7) is 2.40. The highest BCUT2D eigenvalue weighted by Crippen LogP contribution is 2.33. The van der Waals surface area contributed by atoms with Gasteiger partial charge in [-0.15, -0.1) is 0 Å². The van der Waals surface area contributed by atoms with Crippen LogP contribution in [0.4, 0.5) is 22.7 Å². The lowest BCUT2D eigenvalue weighted by atomic mass is 9.95. The van der Waals surface area contributed by atoms with Crippen molar-refractivity contribution in [2.24, 2.45) is 20.0 Å². The number of amides is 4. The number of fused-ring (bicyclic) bond motifs is 4. The number of benzene rings is 4. The average Bonchev–Trinajstić information content (AvgIpc) is 4.46. The number of hydrogen-bond acceptors (Lipinski definition) is 13. The van der Waals surface area contributed by atoms with Gasteiger partial charge in [-0.2, -0.15) is 0 Å². The quantitative estimate of drug-likeness (QED) is 0.0648. The van der Waals surface area contributed by atoms with E-state index in [2.05, 4.69) is 100 Å². The van der Waals surface area contributed by atoms with E-state index in [0.29, 0.717) is 90.4 Å². The van der Waals surface area contributed by atoms with Gasteiger partial charge in [-0.3, -0.25) is 39.1 Å². The van der Waals surface area contributed by atoms with E-state index in [0.717, 1.165) is 103 Å². The topological polar surface area (TPSA) is 281 Å². The molecule has 4 fully saturated rings. The Balaban J connectivity index is 0.000000107. The van der Waals surface area contributed by atoms with E-state index in [4.69, 9.17) is 4.74 Å². The maximum Gasteiger partial charge on any atom is 0.272 e. The highest BCUT2D eigenvalue weighted by Gasteiger charge is 2.31. The molecule has 3 saturated carbocycles. The molecule has 4 aromatic carbocycles. The number of aromatic amines is 4. The predicted octanol–water partition coefficient (Wildman–Crippen LogP) is 9.45. The van der Waals surface area contributed by atoms with Crippen LogP contribution in [0, 0.1) is 0 Å². The Morgan fingerprint density at radius 1 is 0.391 bits per heavy atom. The van der Waals surface area contributed by atoms with E-state index < -0.39 is 0 Å². The first-order chi connectivity index (χ1) is 42.8. The molecule has 4 amide bonds. The molecule has 5 aliphatic heterocycles. The Kier molecular flexibility index (Phi) is 16.7. The Morgan fingerprint density at radius 3 is 1.02 bits per heavy atom.